The van der Waals surface area contributed by atoms with E-state index in [4.69, 9.17) is 0 Å². The van der Waals surface area contributed by atoms with E-state index in [2.05, 4.69) is 10.3 Å². The topological polar surface area (TPSA) is 46.9 Å². The zero-order valence-corrected chi connectivity index (χ0v) is 15.4. The maximum Gasteiger partial charge on any atom is 0.416 e. The molecule has 1 aromatic carbocycles. The number of rotatable bonds is 3. The van der Waals surface area contributed by atoms with Gasteiger partial charge in [-0.05, 0) is 74.5 Å². The highest BCUT2D eigenvalue weighted by Gasteiger charge is 2.54. The van der Waals surface area contributed by atoms with Gasteiger partial charge < -0.3 is 9.88 Å². The lowest BCUT2D eigenvalue weighted by Crippen LogP contribution is -2.51. The smallest absolute Gasteiger partial charge is 0.324 e. The number of anilines is 1. The van der Waals surface area contributed by atoms with Crippen molar-refractivity contribution in [3.63, 3.8) is 0 Å². The first kappa shape index (κ1) is 17.8. The predicted molar refractivity (Wildman–Crippen MR) is 97.8 cm³/mol. The quantitative estimate of drug-likeness (QED) is 0.799. The van der Waals surface area contributed by atoms with Gasteiger partial charge in [-0.15, -0.1) is 0 Å². The largest absolute Gasteiger partial charge is 0.416 e. The van der Waals surface area contributed by atoms with Gasteiger partial charge in [0.05, 0.1) is 28.7 Å². The van der Waals surface area contributed by atoms with Crippen molar-refractivity contribution < 1.29 is 18.0 Å². The second-order valence-corrected chi connectivity index (χ2v) is 8.85. The lowest BCUT2D eigenvalue weighted by Gasteiger charge is -2.55. The Morgan fingerprint density at radius 2 is 1.75 bits per heavy atom. The number of alkyl halides is 3. The molecule has 0 unspecified atom stereocenters. The second kappa shape index (κ2) is 6.09. The van der Waals surface area contributed by atoms with Crippen LogP contribution in [0.2, 0.25) is 0 Å². The van der Waals surface area contributed by atoms with E-state index in [0.29, 0.717) is 23.4 Å². The molecule has 0 spiro atoms. The van der Waals surface area contributed by atoms with Crippen LogP contribution in [0.15, 0.2) is 36.9 Å². The SMILES string of the molecule is O=C(Nc1cc(C(F)(F)F)ccc1-n1ccnc1)C12CC3CC(CC(C3)C1)C2. The minimum absolute atomic E-state index is 0.118. The number of amides is 1. The molecule has 0 saturated heterocycles. The zero-order chi connectivity index (χ0) is 19.5. The minimum Gasteiger partial charge on any atom is -0.324 e. The van der Waals surface area contributed by atoms with Crippen LogP contribution in [0.3, 0.4) is 0 Å². The van der Waals surface area contributed by atoms with Gasteiger partial charge in [0, 0.05) is 12.4 Å². The van der Waals surface area contributed by atoms with E-state index in [1.165, 1.54) is 31.7 Å². The number of nitrogens with one attached hydrogen (secondary N) is 1. The molecule has 0 atom stereocenters. The summed E-state index contributed by atoms with van der Waals surface area (Å²) >= 11 is 0. The van der Waals surface area contributed by atoms with Gasteiger partial charge in [-0.3, -0.25) is 4.79 Å². The fourth-order valence-electron chi connectivity index (χ4n) is 6.08. The zero-order valence-electron chi connectivity index (χ0n) is 15.4. The number of carbonyl (C=O) groups is 1. The molecule has 4 saturated carbocycles. The first-order chi connectivity index (χ1) is 13.3. The fraction of sp³-hybridized carbons (Fsp3) is 0.524. The van der Waals surface area contributed by atoms with Gasteiger partial charge in [0.15, 0.2) is 0 Å². The molecule has 1 aromatic heterocycles. The maximum atomic E-state index is 13.3. The highest BCUT2D eigenvalue weighted by molar-refractivity contribution is 5.97. The van der Waals surface area contributed by atoms with Crippen LogP contribution in [0, 0.1) is 23.2 Å². The van der Waals surface area contributed by atoms with Gasteiger partial charge in [-0.2, -0.15) is 13.2 Å². The number of imidazole rings is 1. The minimum atomic E-state index is -4.46. The molecule has 0 radical (unpaired) electrons. The van der Waals surface area contributed by atoms with Crippen LogP contribution >= 0.6 is 0 Å². The molecular formula is C21H22F3N3O. The van der Waals surface area contributed by atoms with E-state index in [9.17, 15) is 18.0 Å². The second-order valence-electron chi connectivity index (χ2n) is 8.85. The highest BCUT2D eigenvalue weighted by atomic mass is 19.4. The molecule has 4 fully saturated rings. The van der Waals surface area contributed by atoms with Crippen molar-refractivity contribution in [2.75, 3.05) is 5.32 Å². The number of nitrogens with zero attached hydrogens (tertiary/aromatic N) is 2. The normalized spacial score (nSPS) is 31.2. The summed E-state index contributed by atoms with van der Waals surface area (Å²) in [7, 11) is 0. The highest BCUT2D eigenvalue weighted by Crippen LogP contribution is 2.60. The first-order valence-electron chi connectivity index (χ1n) is 9.83. The Hall–Kier alpha value is -2.31. The summed E-state index contributed by atoms with van der Waals surface area (Å²) < 4.78 is 41.4. The fourth-order valence-corrected chi connectivity index (χ4v) is 6.08. The number of carbonyl (C=O) groups excluding carboxylic acids is 1. The summed E-state index contributed by atoms with van der Waals surface area (Å²) in [6.07, 6.45) is 6.48. The van der Waals surface area contributed by atoms with Crippen molar-refractivity contribution in [1.29, 1.82) is 0 Å². The summed E-state index contributed by atoms with van der Waals surface area (Å²) in [5.41, 5.74) is -0.510. The molecule has 1 N–H and O–H groups in total. The number of benzene rings is 1. The first-order valence-corrected chi connectivity index (χ1v) is 9.83. The number of hydrogen-bond donors (Lipinski definition) is 1. The molecule has 4 aliphatic rings. The van der Waals surface area contributed by atoms with Crippen molar-refractivity contribution >= 4 is 11.6 Å². The van der Waals surface area contributed by atoms with Crippen LogP contribution in [0.5, 0.6) is 0 Å². The van der Waals surface area contributed by atoms with Crippen molar-refractivity contribution in [3.8, 4) is 5.69 Å². The van der Waals surface area contributed by atoms with Crippen LogP contribution in [0.1, 0.15) is 44.1 Å². The number of halogens is 3. The average molecular weight is 389 g/mol. The Bertz CT molecular complexity index is 869. The molecular weight excluding hydrogens is 367 g/mol. The van der Waals surface area contributed by atoms with Crippen molar-refractivity contribution in [2.45, 2.75) is 44.7 Å². The molecule has 4 bridgehead atoms. The van der Waals surface area contributed by atoms with Gasteiger partial charge in [0.2, 0.25) is 5.91 Å². The molecule has 4 nitrogen and oxygen atoms in total. The third kappa shape index (κ3) is 2.91. The third-order valence-electron chi connectivity index (χ3n) is 6.87. The van der Waals surface area contributed by atoms with Crippen LogP contribution < -0.4 is 5.32 Å². The van der Waals surface area contributed by atoms with E-state index in [1.54, 1.807) is 17.0 Å². The number of hydrogen-bond acceptors (Lipinski definition) is 2. The third-order valence-corrected chi connectivity index (χ3v) is 6.87. The summed E-state index contributed by atoms with van der Waals surface area (Å²) in [4.78, 5) is 17.3. The standard InChI is InChI=1S/C21H22F3N3O/c22-21(23,24)16-1-2-18(27-4-3-25-12-27)17(8-16)26-19(28)20-9-13-5-14(10-20)7-15(6-13)11-20/h1-4,8,12-15H,5-7,9-11H2,(H,26,28). The van der Waals surface area contributed by atoms with Gasteiger partial charge in [0.1, 0.15) is 0 Å². The number of aromatic nitrogens is 2. The van der Waals surface area contributed by atoms with Crippen LogP contribution in [0.25, 0.3) is 5.69 Å². The van der Waals surface area contributed by atoms with Crippen molar-refractivity contribution in [3.05, 3.63) is 42.5 Å². The Balaban J connectivity index is 1.49. The van der Waals surface area contributed by atoms with E-state index in [1.807, 2.05) is 0 Å². The van der Waals surface area contributed by atoms with Gasteiger partial charge >= 0.3 is 6.18 Å². The molecule has 2 aromatic rings. The molecule has 148 valence electrons. The van der Waals surface area contributed by atoms with E-state index in [-0.39, 0.29) is 11.6 Å². The van der Waals surface area contributed by atoms with Crippen LogP contribution in [-0.4, -0.2) is 15.5 Å². The predicted octanol–water partition coefficient (Wildman–Crippen LogP) is 5.05. The van der Waals surface area contributed by atoms with Gasteiger partial charge in [-0.1, -0.05) is 0 Å². The van der Waals surface area contributed by atoms with Crippen molar-refractivity contribution in [1.82, 2.24) is 9.55 Å². The Kier molecular flexibility index (Phi) is 3.87. The molecule has 1 amide bonds. The summed E-state index contributed by atoms with van der Waals surface area (Å²) in [6, 6.07) is 3.46. The molecule has 7 heteroatoms. The summed E-state index contributed by atoms with van der Waals surface area (Å²) in [6.45, 7) is 0. The monoisotopic (exact) mass is 389 g/mol. The van der Waals surface area contributed by atoms with E-state index in [0.717, 1.165) is 31.4 Å². The summed E-state index contributed by atoms with van der Waals surface area (Å²) in [5.74, 6) is 1.65. The van der Waals surface area contributed by atoms with E-state index >= 15 is 0 Å². The van der Waals surface area contributed by atoms with Gasteiger partial charge in [-0.25, -0.2) is 4.98 Å². The van der Waals surface area contributed by atoms with E-state index < -0.39 is 17.2 Å². The molecule has 28 heavy (non-hydrogen) atoms. The molecule has 6 rings (SSSR count). The molecule has 4 aliphatic carbocycles. The summed E-state index contributed by atoms with van der Waals surface area (Å²) in [5, 5.41) is 2.88. The maximum absolute atomic E-state index is 13.3. The average Bonchev–Trinajstić information content (AvgIpc) is 3.14. The molecule has 1 heterocycles. The Morgan fingerprint density at radius 3 is 2.29 bits per heavy atom. The van der Waals surface area contributed by atoms with Crippen molar-refractivity contribution in [2.24, 2.45) is 23.2 Å². The van der Waals surface area contributed by atoms with Gasteiger partial charge in [0.25, 0.3) is 0 Å². The Morgan fingerprint density at radius 1 is 1.11 bits per heavy atom. The van der Waals surface area contributed by atoms with Crippen LogP contribution in [-0.2, 0) is 11.0 Å². The lowest BCUT2D eigenvalue weighted by atomic mass is 9.49. The van der Waals surface area contributed by atoms with Crippen LogP contribution in [0.4, 0.5) is 18.9 Å². The Labute approximate surface area is 161 Å². The molecule has 0 aliphatic heterocycles. The lowest BCUT2D eigenvalue weighted by molar-refractivity contribution is -0.140.